The fraction of sp³-hybridized carbons (Fsp3) is 0.240. The number of halogens is 2. The van der Waals surface area contributed by atoms with Gasteiger partial charge in [-0.2, -0.15) is 0 Å². The number of hydrogen-bond acceptors (Lipinski definition) is 6. The number of ether oxygens (including phenoxy) is 1. The van der Waals surface area contributed by atoms with Gasteiger partial charge in [0.05, 0.1) is 6.42 Å². The number of rotatable bonds is 8. The summed E-state index contributed by atoms with van der Waals surface area (Å²) in [6.07, 6.45) is 3.15. The SMILES string of the molecule is NCC1CN(Cc2cnccc2Oc2ccc(NC(=O)NC(=O)Cc3ccc(F)cc3)cc2F)C1. The Kier molecular flexibility index (Phi) is 7.64. The molecule has 0 aliphatic carbocycles. The Morgan fingerprint density at radius 1 is 1.09 bits per heavy atom. The van der Waals surface area contributed by atoms with E-state index in [1.165, 1.54) is 36.4 Å². The average Bonchev–Trinajstić information content (AvgIpc) is 2.80. The van der Waals surface area contributed by atoms with Crippen molar-refractivity contribution in [3.05, 3.63) is 83.7 Å². The minimum atomic E-state index is -0.813. The van der Waals surface area contributed by atoms with E-state index in [-0.39, 0.29) is 17.9 Å². The maximum atomic E-state index is 14.7. The molecule has 4 N–H and O–H groups in total. The number of urea groups is 1. The molecule has 1 aliphatic heterocycles. The van der Waals surface area contributed by atoms with Crippen molar-refractivity contribution in [3.8, 4) is 11.5 Å². The van der Waals surface area contributed by atoms with Crippen molar-refractivity contribution < 1.29 is 23.1 Å². The van der Waals surface area contributed by atoms with Crippen LogP contribution >= 0.6 is 0 Å². The lowest BCUT2D eigenvalue weighted by Crippen LogP contribution is -2.49. The predicted molar refractivity (Wildman–Crippen MR) is 126 cm³/mol. The van der Waals surface area contributed by atoms with Crippen molar-refractivity contribution in [2.75, 3.05) is 25.0 Å². The first-order chi connectivity index (χ1) is 16.9. The van der Waals surface area contributed by atoms with Gasteiger partial charge in [-0.05, 0) is 48.4 Å². The summed E-state index contributed by atoms with van der Waals surface area (Å²) in [7, 11) is 0. The number of hydrogen-bond donors (Lipinski definition) is 3. The molecule has 0 radical (unpaired) electrons. The lowest BCUT2D eigenvalue weighted by Gasteiger charge is -2.38. The van der Waals surface area contributed by atoms with E-state index in [0.29, 0.717) is 30.3 Å². The molecule has 4 rings (SSSR count). The molecule has 0 bridgehead atoms. The van der Waals surface area contributed by atoms with Crippen LogP contribution in [0.2, 0.25) is 0 Å². The monoisotopic (exact) mass is 481 g/mol. The first-order valence-electron chi connectivity index (χ1n) is 11.1. The van der Waals surface area contributed by atoms with Crippen molar-refractivity contribution in [2.45, 2.75) is 13.0 Å². The van der Waals surface area contributed by atoms with Crippen LogP contribution in [0.1, 0.15) is 11.1 Å². The second-order valence-corrected chi connectivity index (χ2v) is 8.33. The molecular formula is C25H25F2N5O3. The number of aromatic nitrogens is 1. The largest absolute Gasteiger partial charge is 0.454 e. The van der Waals surface area contributed by atoms with Crippen LogP contribution in [0.4, 0.5) is 19.3 Å². The zero-order chi connectivity index (χ0) is 24.8. The molecule has 1 fully saturated rings. The molecule has 3 aromatic rings. The van der Waals surface area contributed by atoms with Gasteiger partial charge in [-0.3, -0.25) is 20.0 Å². The molecular weight excluding hydrogens is 456 g/mol. The number of carbonyl (C=O) groups excluding carboxylic acids is 2. The Morgan fingerprint density at radius 3 is 2.57 bits per heavy atom. The van der Waals surface area contributed by atoms with Crippen molar-refractivity contribution in [3.63, 3.8) is 0 Å². The lowest BCUT2D eigenvalue weighted by atomic mass is 10.00. The molecule has 0 saturated carbocycles. The minimum absolute atomic E-state index is 0.0146. The number of pyridine rings is 1. The topological polar surface area (TPSA) is 110 Å². The third kappa shape index (κ3) is 6.58. The van der Waals surface area contributed by atoms with Gasteiger partial charge in [-0.15, -0.1) is 0 Å². The number of nitrogens with two attached hydrogens (primary N) is 1. The molecule has 1 aromatic heterocycles. The Labute approximate surface area is 201 Å². The number of carbonyl (C=O) groups is 2. The van der Waals surface area contributed by atoms with E-state index in [9.17, 15) is 18.4 Å². The minimum Gasteiger partial charge on any atom is -0.454 e. The zero-order valence-corrected chi connectivity index (χ0v) is 18.8. The van der Waals surface area contributed by atoms with Gasteiger partial charge in [-0.25, -0.2) is 13.6 Å². The Balaban J connectivity index is 1.33. The van der Waals surface area contributed by atoms with Crippen LogP contribution in [-0.4, -0.2) is 41.5 Å². The van der Waals surface area contributed by atoms with Gasteiger partial charge in [0, 0.05) is 49.3 Å². The fourth-order valence-electron chi connectivity index (χ4n) is 3.73. The Bertz CT molecular complexity index is 1200. The second-order valence-electron chi connectivity index (χ2n) is 8.33. The molecule has 3 amide bonds. The standard InChI is InChI=1S/C25H25F2N5O3/c26-19-3-1-16(2-4-19)9-24(33)31-25(34)30-20-5-6-23(21(27)10-20)35-22-7-8-29-12-18(22)15-32-13-17(11-28)14-32/h1-8,10,12,17H,9,11,13-15,28H2,(H2,30,31,33,34). The van der Waals surface area contributed by atoms with Crippen molar-refractivity contribution >= 4 is 17.6 Å². The quantitative estimate of drug-likeness (QED) is 0.455. The highest BCUT2D eigenvalue weighted by Crippen LogP contribution is 2.30. The zero-order valence-electron chi connectivity index (χ0n) is 18.8. The maximum absolute atomic E-state index is 14.7. The van der Waals surface area contributed by atoms with Crippen LogP contribution in [0.5, 0.6) is 11.5 Å². The van der Waals surface area contributed by atoms with Gasteiger partial charge in [0.25, 0.3) is 0 Å². The maximum Gasteiger partial charge on any atom is 0.325 e. The number of likely N-dealkylation sites (tertiary alicyclic amines) is 1. The van der Waals surface area contributed by atoms with E-state index >= 15 is 0 Å². The van der Waals surface area contributed by atoms with E-state index in [2.05, 4.69) is 20.5 Å². The average molecular weight is 482 g/mol. The molecule has 8 nitrogen and oxygen atoms in total. The summed E-state index contributed by atoms with van der Waals surface area (Å²) >= 11 is 0. The third-order valence-electron chi connectivity index (χ3n) is 5.56. The number of imide groups is 1. The van der Waals surface area contributed by atoms with E-state index in [1.54, 1.807) is 18.5 Å². The molecule has 0 unspecified atom stereocenters. The van der Waals surface area contributed by atoms with E-state index in [1.807, 2.05) is 0 Å². The van der Waals surface area contributed by atoms with Gasteiger partial charge in [0.1, 0.15) is 11.6 Å². The second kappa shape index (κ2) is 11.0. The highest BCUT2D eigenvalue weighted by Gasteiger charge is 2.26. The summed E-state index contributed by atoms with van der Waals surface area (Å²) in [5, 5.41) is 4.56. The summed E-state index contributed by atoms with van der Waals surface area (Å²) in [4.78, 5) is 30.5. The molecule has 0 spiro atoms. The van der Waals surface area contributed by atoms with Crippen molar-refractivity contribution in [2.24, 2.45) is 11.7 Å². The predicted octanol–water partition coefficient (Wildman–Crippen LogP) is 3.43. The van der Waals surface area contributed by atoms with E-state index in [0.717, 1.165) is 24.7 Å². The summed E-state index contributed by atoms with van der Waals surface area (Å²) in [5.41, 5.74) is 7.19. The molecule has 1 saturated heterocycles. The van der Waals surface area contributed by atoms with Crippen molar-refractivity contribution in [1.82, 2.24) is 15.2 Å². The number of anilines is 1. The van der Waals surface area contributed by atoms with Crippen LogP contribution in [0.25, 0.3) is 0 Å². The Hall–Kier alpha value is -3.89. The smallest absolute Gasteiger partial charge is 0.325 e. The summed E-state index contributed by atoms with van der Waals surface area (Å²) in [6.45, 7) is 3.06. The number of nitrogens with zero attached hydrogens (tertiary/aromatic N) is 2. The molecule has 182 valence electrons. The van der Waals surface area contributed by atoms with Gasteiger partial charge in [0.15, 0.2) is 11.6 Å². The van der Waals surface area contributed by atoms with Gasteiger partial charge in [0.2, 0.25) is 5.91 Å². The van der Waals surface area contributed by atoms with E-state index in [4.69, 9.17) is 10.5 Å². The summed E-state index contributed by atoms with van der Waals surface area (Å²) in [6, 6.07) is 10.2. The highest BCUT2D eigenvalue weighted by atomic mass is 19.1. The summed E-state index contributed by atoms with van der Waals surface area (Å²) < 4.78 is 33.4. The van der Waals surface area contributed by atoms with Gasteiger partial charge < -0.3 is 15.8 Å². The van der Waals surface area contributed by atoms with Crippen molar-refractivity contribution in [1.29, 1.82) is 0 Å². The molecule has 10 heteroatoms. The summed E-state index contributed by atoms with van der Waals surface area (Å²) in [5.74, 6) is -0.725. The van der Waals surface area contributed by atoms with Crippen LogP contribution in [0.3, 0.4) is 0 Å². The fourth-order valence-corrected chi connectivity index (χ4v) is 3.73. The highest BCUT2D eigenvalue weighted by molar-refractivity contribution is 6.01. The molecule has 2 aromatic carbocycles. The molecule has 2 heterocycles. The van der Waals surface area contributed by atoms with E-state index < -0.39 is 23.6 Å². The number of amides is 3. The third-order valence-corrected chi connectivity index (χ3v) is 5.56. The number of benzene rings is 2. The lowest BCUT2D eigenvalue weighted by molar-refractivity contribution is -0.119. The number of nitrogens with one attached hydrogen (secondary N) is 2. The normalized spacial score (nSPS) is 13.7. The molecule has 0 atom stereocenters. The van der Waals surface area contributed by atoms with Crippen LogP contribution < -0.4 is 21.1 Å². The first-order valence-corrected chi connectivity index (χ1v) is 11.1. The van der Waals surface area contributed by atoms with Crippen LogP contribution in [-0.2, 0) is 17.8 Å². The van der Waals surface area contributed by atoms with Crippen LogP contribution in [0.15, 0.2) is 60.9 Å². The van der Waals surface area contributed by atoms with Gasteiger partial charge >= 0.3 is 6.03 Å². The van der Waals surface area contributed by atoms with Gasteiger partial charge in [-0.1, -0.05) is 12.1 Å². The Morgan fingerprint density at radius 2 is 1.86 bits per heavy atom. The molecule has 1 aliphatic rings. The molecule has 35 heavy (non-hydrogen) atoms. The first kappa shape index (κ1) is 24.2. The van der Waals surface area contributed by atoms with Crippen LogP contribution in [0, 0.1) is 17.6 Å².